The second-order valence-electron chi connectivity index (χ2n) is 8.40. The monoisotopic (exact) mass is 425 g/mol. The molecule has 30 heavy (non-hydrogen) atoms. The average molecular weight is 426 g/mol. The summed E-state index contributed by atoms with van der Waals surface area (Å²) in [7, 11) is 0. The van der Waals surface area contributed by atoms with E-state index in [1.54, 1.807) is 0 Å². The van der Waals surface area contributed by atoms with Crippen molar-refractivity contribution in [2.24, 2.45) is 22.6 Å². The minimum Gasteiger partial charge on any atom is -0.381 e. The summed E-state index contributed by atoms with van der Waals surface area (Å²) in [6.07, 6.45) is 7.26. The van der Waals surface area contributed by atoms with Crippen LogP contribution in [0, 0.1) is 11.8 Å². The minimum atomic E-state index is -0.139. The van der Waals surface area contributed by atoms with Crippen LogP contribution in [0.2, 0.25) is 0 Å². The zero-order valence-electron chi connectivity index (χ0n) is 18.9. The van der Waals surface area contributed by atoms with Crippen LogP contribution in [0.4, 0.5) is 0 Å². The molecular weight excluding hydrogens is 382 g/mol. The number of likely N-dealkylation sites (tertiary alicyclic amines) is 1. The molecule has 2 aliphatic heterocycles. The van der Waals surface area contributed by atoms with Crippen LogP contribution in [0.1, 0.15) is 51.9 Å². The molecule has 0 bridgehead atoms. The number of primary amides is 1. The lowest BCUT2D eigenvalue weighted by molar-refractivity contribution is -0.123. The first-order valence-corrected chi connectivity index (χ1v) is 11.9. The van der Waals surface area contributed by atoms with Gasteiger partial charge in [-0.05, 0) is 77.4 Å². The standard InChI is InChI=1S/C22H43N5O3/c1-2-24-22(26-11-5-15-30-18-19-8-16-29-17-9-19)25-10-3-4-12-27-13-6-20(7-14-27)21(23)28/h19-20H,2-18H2,1H3,(H2,23,28)(H2,24,25,26). The van der Waals surface area contributed by atoms with E-state index in [0.717, 1.165) is 117 Å². The molecule has 174 valence electrons. The second-order valence-corrected chi connectivity index (χ2v) is 8.40. The maximum absolute atomic E-state index is 11.2. The summed E-state index contributed by atoms with van der Waals surface area (Å²) >= 11 is 0. The molecule has 0 aliphatic carbocycles. The first kappa shape index (κ1) is 24.9. The Hall–Kier alpha value is -1.38. The number of unbranched alkanes of at least 4 members (excludes halogenated alkanes) is 1. The number of rotatable bonds is 13. The van der Waals surface area contributed by atoms with E-state index in [9.17, 15) is 4.79 Å². The van der Waals surface area contributed by atoms with Crippen molar-refractivity contribution in [1.29, 1.82) is 0 Å². The minimum absolute atomic E-state index is 0.0778. The van der Waals surface area contributed by atoms with Crippen LogP contribution in [0.25, 0.3) is 0 Å². The summed E-state index contributed by atoms with van der Waals surface area (Å²) in [5.74, 6) is 1.49. The molecule has 0 spiro atoms. The Morgan fingerprint density at radius 3 is 2.60 bits per heavy atom. The summed E-state index contributed by atoms with van der Waals surface area (Å²) < 4.78 is 11.2. The zero-order chi connectivity index (χ0) is 21.4. The quantitative estimate of drug-likeness (QED) is 0.234. The summed E-state index contributed by atoms with van der Waals surface area (Å²) in [5.41, 5.74) is 5.40. The molecule has 2 saturated heterocycles. The van der Waals surface area contributed by atoms with Gasteiger partial charge in [-0.15, -0.1) is 0 Å². The van der Waals surface area contributed by atoms with Crippen molar-refractivity contribution in [3.63, 3.8) is 0 Å². The Bertz CT molecular complexity index is 489. The van der Waals surface area contributed by atoms with Gasteiger partial charge in [-0.2, -0.15) is 0 Å². The Balaban J connectivity index is 1.48. The molecule has 2 aliphatic rings. The maximum atomic E-state index is 11.2. The van der Waals surface area contributed by atoms with Crippen LogP contribution in [0.3, 0.4) is 0 Å². The maximum Gasteiger partial charge on any atom is 0.220 e. The van der Waals surface area contributed by atoms with Gasteiger partial charge in [-0.25, -0.2) is 0 Å². The third kappa shape index (κ3) is 10.6. The number of ether oxygens (including phenoxy) is 2. The number of aliphatic imine (C=N–C) groups is 1. The van der Waals surface area contributed by atoms with Gasteiger partial charge in [-0.1, -0.05) is 0 Å². The van der Waals surface area contributed by atoms with Gasteiger partial charge in [0.1, 0.15) is 0 Å². The molecule has 1 amide bonds. The highest BCUT2D eigenvalue weighted by molar-refractivity contribution is 5.79. The number of nitrogens with one attached hydrogen (secondary N) is 2. The third-order valence-corrected chi connectivity index (χ3v) is 5.94. The summed E-state index contributed by atoms with van der Waals surface area (Å²) in [4.78, 5) is 18.3. The molecule has 2 heterocycles. The highest BCUT2D eigenvalue weighted by atomic mass is 16.5. The van der Waals surface area contributed by atoms with Crippen LogP contribution >= 0.6 is 0 Å². The van der Waals surface area contributed by atoms with Gasteiger partial charge in [0.25, 0.3) is 0 Å². The summed E-state index contributed by atoms with van der Waals surface area (Å²) in [6, 6.07) is 0. The topological polar surface area (TPSA) is 101 Å². The fourth-order valence-electron chi connectivity index (χ4n) is 3.97. The number of hydrogen-bond acceptors (Lipinski definition) is 5. The van der Waals surface area contributed by atoms with Gasteiger partial charge < -0.3 is 30.7 Å². The number of piperidine rings is 1. The van der Waals surface area contributed by atoms with Gasteiger partial charge in [0, 0.05) is 52.0 Å². The van der Waals surface area contributed by atoms with Crippen LogP contribution in [-0.4, -0.2) is 82.5 Å². The van der Waals surface area contributed by atoms with Crippen molar-refractivity contribution >= 4 is 11.9 Å². The van der Waals surface area contributed by atoms with Gasteiger partial charge in [-0.3, -0.25) is 9.79 Å². The molecule has 2 rings (SSSR count). The second kappa shape index (κ2) is 15.4. The van der Waals surface area contributed by atoms with Gasteiger partial charge in [0.15, 0.2) is 5.96 Å². The highest BCUT2D eigenvalue weighted by Crippen LogP contribution is 2.17. The lowest BCUT2D eigenvalue weighted by Crippen LogP contribution is -2.39. The van der Waals surface area contributed by atoms with Crippen LogP contribution in [0.15, 0.2) is 4.99 Å². The fraction of sp³-hybridized carbons (Fsp3) is 0.909. The molecule has 0 aromatic carbocycles. The summed E-state index contributed by atoms with van der Waals surface area (Å²) in [5, 5.41) is 6.74. The Labute approximate surface area is 182 Å². The van der Waals surface area contributed by atoms with E-state index in [-0.39, 0.29) is 11.8 Å². The van der Waals surface area contributed by atoms with Crippen molar-refractivity contribution < 1.29 is 14.3 Å². The molecule has 8 heteroatoms. The van der Waals surface area contributed by atoms with E-state index in [1.807, 2.05) is 0 Å². The molecular formula is C22H43N5O3. The molecule has 0 atom stereocenters. The van der Waals surface area contributed by atoms with Crippen LogP contribution < -0.4 is 16.4 Å². The van der Waals surface area contributed by atoms with E-state index in [4.69, 9.17) is 15.2 Å². The third-order valence-electron chi connectivity index (χ3n) is 5.94. The predicted octanol–water partition coefficient (Wildman–Crippen LogP) is 1.35. The van der Waals surface area contributed by atoms with Crippen LogP contribution in [-0.2, 0) is 14.3 Å². The number of nitrogens with zero attached hydrogens (tertiary/aromatic N) is 2. The smallest absolute Gasteiger partial charge is 0.220 e. The number of hydrogen-bond donors (Lipinski definition) is 3. The average Bonchev–Trinajstić information content (AvgIpc) is 2.76. The number of carbonyl (C=O) groups excluding carboxylic acids is 1. The number of amides is 1. The lowest BCUT2D eigenvalue weighted by atomic mass is 9.96. The van der Waals surface area contributed by atoms with Gasteiger partial charge >= 0.3 is 0 Å². The summed E-state index contributed by atoms with van der Waals surface area (Å²) in [6.45, 7) is 11.1. The van der Waals surface area contributed by atoms with Crippen molar-refractivity contribution in [1.82, 2.24) is 15.5 Å². The molecule has 4 N–H and O–H groups in total. The molecule has 0 unspecified atom stereocenters. The number of guanidine groups is 1. The fourth-order valence-corrected chi connectivity index (χ4v) is 3.97. The molecule has 0 aromatic rings. The molecule has 0 radical (unpaired) electrons. The largest absolute Gasteiger partial charge is 0.381 e. The number of carbonyl (C=O) groups is 1. The van der Waals surface area contributed by atoms with E-state index in [0.29, 0.717) is 5.92 Å². The van der Waals surface area contributed by atoms with E-state index in [1.165, 1.54) is 0 Å². The predicted molar refractivity (Wildman–Crippen MR) is 121 cm³/mol. The van der Waals surface area contributed by atoms with Gasteiger partial charge in [0.05, 0.1) is 0 Å². The van der Waals surface area contributed by atoms with Crippen molar-refractivity contribution in [2.45, 2.75) is 51.9 Å². The lowest BCUT2D eigenvalue weighted by Gasteiger charge is -2.30. The number of nitrogens with two attached hydrogens (primary N) is 1. The van der Waals surface area contributed by atoms with Crippen molar-refractivity contribution in [3.05, 3.63) is 0 Å². The SMILES string of the molecule is CCNC(=NCCCOCC1CCOCC1)NCCCCN1CCC(C(N)=O)CC1. The van der Waals surface area contributed by atoms with E-state index < -0.39 is 0 Å². The molecule has 0 aromatic heterocycles. The Morgan fingerprint density at radius 2 is 1.90 bits per heavy atom. The van der Waals surface area contributed by atoms with E-state index >= 15 is 0 Å². The molecule has 2 fully saturated rings. The van der Waals surface area contributed by atoms with E-state index in [2.05, 4.69) is 27.4 Å². The first-order chi connectivity index (χ1) is 14.7. The zero-order valence-corrected chi connectivity index (χ0v) is 18.9. The Kier molecular flexibility index (Phi) is 12.8. The highest BCUT2D eigenvalue weighted by Gasteiger charge is 2.22. The van der Waals surface area contributed by atoms with Crippen molar-refractivity contribution in [3.8, 4) is 0 Å². The van der Waals surface area contributed by atoms with Crippen molar-refractivity contribution in [2.75, 3.05) is 65.7 Å². The van der Waals surface area contributed by atoms with Gasteiger partial charge in [0.2, 0.25) is 5.91 Å². The first-order valence-electron chi connectivity index (χ1n) is 11.9. The Morgan fingerprint density at radius 1 is 1.13 bits per heavy atom. The normalized spacial score (nSPS) is 19.7. The van der Waals surface area contributed by atoms with Crippen LogP contribution in [0.5, 0.6) is 0 Å². The molecule has 8 nitrogen and oxygen atoms in total. The molecule has 0 saturated carbocycles.